The Morgan fingerprint density at radius 3 is 2.74 bits per heavy atom. The third-order valence-electron chi connectivity index (χ3n) is 4.23. The van der Waals surface area contributed by atoms with Crippen molar-refractivity contribution >= 4 is 5.91 Å². The molecular weight excluding hydrogens is 347 g/mol. The predicted octanol–water partition coefficient (Wildman–Crippen LogP) is 4.30. The molecule has 6 heteroatoms. The molecular formula is C21H21FN2O3. The quantitative estimate of drug-likeness (QED) is 0.675. The minimum Gasteiger partial charge on any atom is -0.494 e. The SMILES string of the molecule is COc1ccc(C(C)NC(=O)CCc2ncc(-c3ccccc3)o2)cc1F. The number of nitrogens with zero attached hydrogens (tertiary/aromatic N) is 1. The van der Waals surface area contributed by atoms with Gasteiger partial charge in [-0.2, -0.15) is 0 Å². The lowest BCUT2D eigenvalue weighted by Crippen LogP contribution is -2.26. The number of rotatable bonds is 7. The summed E-state index contributed by atoms with van der Waals surface area (Å²) in [4.78, 5) is 16.4. The van der Waals surface area contributed by atoms with Crippen molar-refractivity contribution < 1.29 is 18.3 Å². The number of methoxy groups -OCH3 is 1. The van der Waals surface area contributed by atoms with Gasteiger partial charge in [-0.1, -0.05) is 36.4 Å². The summed E-state index contributed by atoms with van der Waals surface area (Å²) in [6, 6.07) is 14.0. The first-order chi connectivity index (χ1) is 13.1. The van der Waals surface area contributed by atoms with Crippen LogP contribution in [0.5, 0.6) is 5.75 Å². The van der Waals surface area contributed by atoms with Crippen LogP contribution >= 0.6 is 0 Å². The number of amides is 1. The summed E-state index contributed by atoms with van der Waals surface area (Å²) in [7, 11) is 1.41. The molecule has 5 nitrogen and oxygen atoms in total. The van der Waals surface area contributed by atoms with Crippen molar-refractivity contribution in [2.75, 3.05) is 7.11 Å². The lowest BCUT2D eigenvalue weighted by Gasteiger charge is -2.15. The maximum Gasteiger partial charge on any atom is 0.220 e. The molecule has 1 atom stereocenters. The lowest BCUT2D eigenvalue weighted by molar-refractivity contribution is -0.121. The Bertz CT molecular complexity index is 909. The molecule has 0 fully saturated rings. The van der Waals surface area contributed by atoms with E-state index in [1.165, 1.54) is 13.2 Å². The lowest BCUT2D eigenvalue weighted by atomic mass is 10.1. The molecule has 1 unspecified atom stereocenters. The molecule has 1 amide bonds. The van der Waals surface area contributed by atoms with Crippen LogP contribution in [-0.4, -0.2) is 18.0 Å². The number of benzene rings is 2. The molecule has 1 aromatic heterocycles. The Hall–Kier alpha value is -3.15. The van der Waals surface area contributed by atoms with Crippen LogP contribution in [0.25, 0.3) is 11.3 Å². The van der Waals surface area contributed by atoms with Gasteiger partial charge in [0, 0.05) is 18.4 Å². The van der Waals surface area contributed by atoms with Crippen LogP contribution < -0.4 is 10.1 Å². The van der Waals surface area contributed by atoms with Gasteiger partial charge < -0.3 is 14.5 Å². The molecule has 3 aromatic rings. The van der Waals surface area contributed by atoms with E-state index >= 15 is 0 Å². The molecule has 27 heavy (non-hydrogen) atoms. The molecule has 0 aliphatic heterocycles. The highest BCUT2D eigenvalue weighted by molar-refractivity contribution is 5.76. The van der Waals surface area contributed by atoms with E-state index in [1.807, 2.05) is 30.3 Å². The van der Waals surface area contributed by atoms with E-state index in [4.69, 9.17) is 9.15 Å². The number of ether oxygens (including phenoxy) is 1. The average Bonchev–Trinajstić information content (AvgIpc) is 3.16. The smallest absolute Gasteiger partial charge is 0.220 e. The highest BCUT2D eigenvalue weighted by Crippen LogP contribution is 2.22. The topological polar surface area (TPSA) is 64.4 Å². The van der Waals surface area contributed by atoms with Crippen molar-refractivity contribution in [1.82, 2.24) is 10.3 Å². The zero-order valence-electron chi connectivity index (χ0n) is 15.2. The summed E-state index contributed by atoms with van der Waals surface area (Å²) >= 11 is 0. The average molecular weight is 368 g/mol. The molecule has 0 saturated heterocycles. The molecule has 2 aromatic carbocycles. The zero-order valence-corrected chi connectivity index (χ0v) is 15.2. The van der Waals surface area contributed by atoms with E-state index in [0.29, 0.717) is 23.6 Å². The van der Waals surface area contributed by atoms with Gasteiger partial charge in [0.1, 0.15) is 0 Å². The summed E-state index contributed by atoms with van der Waals surface area (Å²) < 4.78 is 24.4. The fraction of sp³-hybridized carbons (Fsp3) is 0.238. The van der Waals surface area contributed by atoms with Gasteiger partial charge in [-0.15, -0.1) is 0 Å². The van der Waals surface area contributed by atoms with Gasteiger partial charge >= 0.3 is 0 Å². The number of carbonyl (C=O) groups is 1. The molecule has 1 heterocycles. The van der Waals surface area contributed by atoms with Crippen molar-refractivity contribution in [1.29, 1.82) is 0 Å². The van der Waals surface area contributed by atoms with Crippen LogP contribution in [0.2, 0.25) is 0 Å². The zero-order chi connectivity index (χ0) is 19.2. The van der Waals surface area contributed by atoms with E-state index in [1.54, 1.807) is 25.3 Å². The number of aryl methyl sites for hydroxylation is 1. The summed E-state index contributed by atoms with van der Waals surface area (Å²) in [5.41, 5.74) is 1.61. The number of carbonyl (C=O) groups excluding carboxylic acids is 1. The van der Waals surface area contributed by atoms with Crippen LogP contribution in [0.1, 0.15) is 30.8 Å². The largest absolute Gasteiger partial charge is 0.494 e. The number of halogens is 1. The second kappa shape index (κ2) is 8.49. The van der Waals surface area contributed by atoms with Gasteiger partial charge in [0.2, 0.25) is 5.91 Å². The van der Waals surface area contributed by atoms with E-state index in [0.717, 1.165) is 5.56 Å². The fourth-order valence-electron chi connectivity index (χ4n) is 2.73. The van der Waals surface area contributed by atoms with E-state index in [-0.39, 0.29) is 24.1 Å². The first-order valence-corrected chi connectivity index (χ1v) is 8.69. The minimum absolute atomic E-state index is 0.154. The maximum absolute atomic E-state index is 13.8. The number of aromatic nitrogens is 1. The van der Waals surface area contributed by atoms with Gasteiger partial charge in [0.25, 0.3) is 0 Å². The summed E-state index contributed by atoms with van der Waals surface area (Å²) in [6.07, 6.45) is 2.28. The van der Waals surface area contributed by atoms with Gasteiger partial charge in [-0.05, 0) is 24.6 Å². The molecule has 0 spiro atoms. The van der Waals surface area contributed by atoms with Crippen molar-refractivity contribution in [2.24, 2.45) is 0 Å². The fourth-order valence-corrected chi connectivity index (χ4v) is 2.73. The second-order valence-corrected chi connectivity index (χ2v) is 6.17. The maximum atomic E-state index is 13.8. The molecule has 0 aliphatic carbocycles. The Labute approximate surface area is 157 Å². The molecule has 0 bridgehead atoms. The van der Waals surface area contributed by atoms with Gasteiger partial charge in [0.05, 0.1) is 19.3 Å². The van der Waals surface area contributed by atoms with Crippen LogP contribution in [0.4, 0.5) is 4.39 Å². The first-order valence-electron chi connectivity index (χ1n) is 8.69. The molecule has 0 radical (unpaired) electrons. The monoisotopic (exact) mass is 368 g/mol. The van der Waals surface area contributed by atoms with Crippen molar-refractivity contribution in [3.05, 3.63) is 72.0 Å². The van der Waals surface area contributed by atoms with E-state index in [9.17, 15) is 9.18 Å². The highest BCUT2D eigenvalue weighted by atomic mass is 19.1. The van der Waals surface area contributed by atoms with Crippen LogP contribution in [0, 0.1) is 5.82 Å². The van der Waals surface area contributed by atoms with Gasteiger partial charge in [-0.3, -0.25) is 4.79 Å². The van der Waals surface area contributed by atoms with Crippen LogP contribution in [-0.2, 0) is 11.2 Å². The third kappa shape index (κ3) is 4.73. The molecule has 0 saturated carbocycles. The summed E-state index contributed by atoms with van der Waals surface area (Å²) in [5.74, 6) is 0.748. The Morgan fingerprint density at radius 1 is 1.26 bits per heavy atom. The van der Waals surface area contributed by atoms with Gasteiger partial charge in [0.15, 0.2) is 23.2 Å². The van der Waals surface area contributed by atoms with Crippen molar-refractivity contribution in [3.63, 3.8) is 0 Å². The van der Waals surface area contributed by atoms with E-state index < -0.39 is 5.82 Å². The first kappa shape index (κ1) is 18.6. The molecule has 1 N–H and O–H groups in total. The van der Waals surface area contributed by atoms with Crippen LogP contribution in [0.15, 0.2) is 59.1 Å². The Kier molecular flexibility index (Phi) is 5.86. The molecule has 0 aliphatic rings. The number of nitrogens with one attached hydrogen (secondary N) is 1. The van der Waals surface area contributed by atoms with Crippen LogP contribution in [0.3, 0.4) is 0 Å². The van der Waals surface area contributed by atoms with Crippen molar-refractivity contribution in [2.45, 2.75) is 25.8 Å². The standard InChI is InChI=1S/C21H21FN2O3/c1-14(16-8-9-18(26-2)17(22)12-16)24-20(25)10-11-21-23-13-19(27-21)15-6-4-3-5-7-15/h3-9,12-14H,10-11H2,1-2H3,(H,24,25). The summed E-state index contributed by atoms with van der Waals surface area (Å²) in [5, 5.41) is 2.85. The number of hydrogen-bond acceptors (Lipinski definition) is 4. The second-order valence-electron chi connectivity index (χ2n) is 6.17. The Balaban J connectivity index is 1.54. The third-order valence-corrected chi connectivity index (χ3v) is 4.23. The molecule has 3 rings (SSSR count). The van der Waals surface area contributed by atoms with E-state index in [2.05, 4.69) is 10.3 Å². The predicted molar refractivity (Wildman–Crippen MR) is 99.8 cm³/mol. The number of oxazole rings is 1. The summed E-state index contributed by atoms with van der Waals surface area (Å²) in [6.45, 7) is 1.80. The van der Waals surface area contributed by atoms with Crippen molar-refractivity contribution in [3.8, 4) is 17.1 Å². The minimum atomic E-state index is -0.454. The van der Waals surface area contributed by atoms with Gasteiger partial charge in [-0.25, -0.2) is 9.37 Å². The molecule has 140 valence electrons. The normalized spacial score (nSPS) is 11.8. The highest BCUT2D eigenvalue weighted by Gasteiger charge is 2.14. The Morgan fingerprint density at radius 2 is 2.04 bits per heavy atom. The number of hydrogen-bond donors (Lipinski definition) is 1.